The summed E-state index contributed by atoms with van der Waals surface area (Å²) < 4.78 is 34.2. The molecule has 0 aliphatic carbocycles. The Morgan fingerprint density at radius 2 is 1.83 bits per heavy atom. The minimum atomic E-state index is -5.64. The summed E-state index contributed by atoms with van der Waals surface area (Å²) in [5.74, 6) is -7.45. The highest BCUT2D eigenvalue weighted by atomic mass is 31.2. The second kappa shape index (κ2) is 16.6. The van der Waals surface area contributed by atoms with Gasteiger partial charge in [0.25, 0.3) is 11.7 Å². The second-order valence-electron chi connectivity index (χ2n) is 11.6. The number of aliphatic carboxylic acids is 1. The molecule has 2 amide bonds. The Labute approximate surface area is 291 Å². The second-order valence-corrected chi connectivity index (χ2v) is 13.0. The van der Waals surface area contributed by atoms with Crippen molar-refractivity contribution in [2.24, 2.45) is 0 Å². The number of carbonyl (C=O) groups excluding carboxylic acids is 3. The number of anilines is 1. The minimum Gasteiger partial charge on any atom is -0.477 e. The molecule has 2 aromatic rings. The fraction of sp³-hybridized carbons (Fsp3) is 0.500. The Balaban J connectivity index is 1.46. The van der Waals surface area contributed by atoms with Crippen LogP contribution in [0.2, 0.25) is 0 Å². The van der Waals surface area contributed by atoms with Crippen molar-refractivity contribution < 1.29 is 82.9 Å². The van der Waals surface area contributed by atoms with Crippen molar-refractivity contribution in [3.8, 4) is 0 Å². The van der Waals surface area contributed by atoms with Gasteiger partial charge in [0.05, 0.1) is 31.9 Å². The molecular formula is C28H36N5O18P. The van der Waals surface area contributed by atoms with Crippen molar-refractivity contribution in [2.45, 2.75) is 67.2 Å². The van der Waals surface area contributed by atoms with Gasteiger partial charge >= 0.3 is 19.5 Å². The van der Waals surface area contributed by atoms with E-state index in [0.29, 0.717) is 6.29 Å². The summed E-state index contributed by atoms with van der Waals surface area (Å²) in [6.45, 7) is -2.97. The molecule has 2 saturated heterocycles. The molecule has 1 aromatic carbocycles. The molecule has 11 atom stereocenters. The summed E-state index contributed by atoms with van der Waals surface area (Å²) in [7, 11) is -5.64. The fourth-order valence-corrected chi connectivity index (χ4v) is 6.25. The number of benzene rings is 1. The molecule has 0 bridgehead atoms. The topological polar surface area (TPSA) is 369 Å². The third-order valence-corrected chi connectivity index (χ3v) is 8.99. The Hall–Kier alpha value is -4.23. The summed E-state index contributed by atoms with van der Waals surface area (Å²) in [5.41, 5.74) is 4.81. The van der Waals surface area contributed by atoms with E-state index >= 15 is 0 Å². The summed E-state index contributed by atoms with van der Waals surface area (Å²) >= 11 is 0. The van der Waals surface area contributed by atoms with Gasteiger partial charge in [0, 0.05) is 23.7 Å². The van der Waals surface area contributed by atoms with Crippen LogP contribution in [-0.4, -0.2) is 149 Å². The van der Waals surface area contributed by atoms with E-state index in [-0.39, 0.29) is 16.9 Å². The van der Waals surface area contributed by atoms with Gasteiger partial charge < -0.3 is 66.5 Å². The van der Waals surface area contributed by atoms with Crippen LogP contribution in [-0.2, 0) is 32.7 Å². The van der Waals surface area contributed by atoms with Crippen molar-refractivity contribution in [1.82, 2.24) is 20.2 Å². The molecule has 24 heteroatoms. The number of nitrogens with two attached hydrogens (primary N) is 1. The lowest BCUT2D eigenvalue weighted by atomic mass is 9.88. The quantitative estimate of drug-likeness (QED) is 0.0597. The maximum absolute atomic E-state index is 13.0. The van der Waals surface area contributed by atoms with Crippen molar-refractivity contribution in [1.29, 1.82) is 0 Å². The zero-order chi connectivity index (χ0) is 38.5. The Morgan fingerprint density at radius 1 is 1.15 bits per heavy atom. The number of nitrogens with zero attached hydrogens (tertiary/aromatic N) is 2. The van der Waals surface area contributed by atoms with Crippen LogP contribution >= 0.6 is 7.82 Å². The van der Waals surface area contributed by atoms with E-state index in [1.54, 1.807) is 0 Å². The van der Waals surface area contributed by atoms with Crippen molar-refractivity contribution in [2.75, 3.05) is 25.5 Å². The van der Waals surface area contributed by atoms with Gasteiger partial charge in [0.2, 0.25) is 5.91 Å². The third kappa shape index (κ3) is 9.22. The van der Waals surface area contributed by atoms with Gasteiger partial charge in [-0.1, -0.05) is 12.1 Å². The molecular weight excluding hydrogens is 725 g/mol. The number of carboxylic acid groups (broad SMARTS) is 1. The number of rotatable bonds is 15. The predicted octanol–water partition coefficient (Wildman–Crippen LogP) is -5.05. The highest BCUT2D eigenvalue weighted by molar-refractivity contribution is 7.47. The lowest BCUT2D eigenvalue weighted by Crippen LogP contribution is -2.68. The van der Waals surface area contributed by atoms with E-state index in [9.17, 15) is 69.2 Å². The first kappa shape index (κ1) is 40.5. The molecule has 23 nitrogen and oxygen atoms in total. The van der Waals surface area contributed by atoms with Gasteiger partial charge in [-0.15, -0.1) is 0 Å². The molecule has 0 saturated carbocycles. The maximum atomic E-state index is 13.0. The number of phosphoric ester groups is 1. The normalized spacial score (nSPS) is 29.7. The molecule has 2 aliphatic heterocycles. The van der Waals surface area contributed by atoms with Gasteiger partial charge in [-0.05, 0) is 18.2 Å². The minimum absolute atomic E-state index is 0.0671. The van der Waals surface area contributed by atoms with E-state index in [0.717, 1.165) is 10.8 Å². The van der Waals surface area contributed by atoms with Gasteiger partial charge in [-0.2, -0.15) is 4.98 Å². The Kier molecular flexibility index (Phi) is 13.0. The van der Waals surface area contributed by atoms with E-state index in [2.05, 4.69) is 15.6 Å². The van der Waals surface area contributed by atoms with E-state index in [4.69, 9.17) is 24.3 Å². The van der Waals surface area contributed by atoms with Crippen LogP contribution in [0.3, 0.4) is 0 Å². The fourth-order valence-electron chi connectivity index (χ4n) is 5.29. The van der Waals surface area contributed by atoms with Crippen molar-refractivity contribution >= 4 is 37.7 Å². The first-order chi connectivity index (χ1) is 24.4. The van der Waals surface area contributed by atoms with Crippen LogP contribution in [0.4, 0.5) is 5.82 Å². The number of hydrogen-bond acceptors (Lipinski definition) is 18. The molecule has 2 fully saturated rings. The number of carboxylic acids is 1. The third-order valence-electron chi connectivity index (χ3n) is 7.99. The lowest BCUT2D eigenvalue weighted by molar-refractivity contribution is -0.289. The molecule has 3 heterocycles. The van der Waals surface area contributed by atoms with E-state index in [1.165, 1.54) is 30.3 Å². The molecule has 0 radical (unpaired) electrons. The number of hydrogen-bond donors (Lipinski definition) is 11. The molecule has 286 valence electrons. The number of aliphatic hydroxyl groups excluding tert-OH is 6. The number of nitrogens with one attached hydrogen (secondary N) is 2. The number of aldehydes is 1. The molecule has 1 aromatic heterocycles. The zero-order valence-corrected chi connectivity index (χ0v) is 27.5. The number of amides is 2. The standard InChI is InChI=1S/C28H36N5O18P/c29-17-5-6-33(27(45)31-17)25-22(41)21(40)16(49-25)11-48-52(46,47)51-28(26(43)44)7-14(36)19(23(50-28)20(39)15(37)10-35)32-18(38)8-30-24(42)13-3-1-12(9-34)2-4-13/h1-6,9,14-16,19-23,25,35-37,39-41H,7-8,10-11H2,(H,30,42)(H,32,38)(H,43,44)(H,46,47)(H2,29,31,45)/t14-,15?,16?,19?,20-,21+,22?,23?,25?,28-/m1/s1. The highest BCUT2D eigenvalue weighted by Gasteiger charge is 2.59. The van der Waals surface area contributed by atoms with Crippen molar-refractivity contribution in [3.63, 3.8) is 0 Å². The Bertz CT molecular complexity index is 1730. The van der Waals surface area contributed by atoms with Crippen LogP contribution in [0.5, 0.6) is 0 Å². The van der Waals surface area contributed by atoms with E-state index < -0.39 is 118 Å². The average Bonchev–Trinajstić information content (AvgIpc) is 3.38. The summed E-state index contributed by atoms with van der Waals surface area (Å²) in [5, 5.41) is 76.5. The first-order valence-corrected chi connectivity index (χ1v) is 16.6. The molecule has 7 unspecified atom stereocenters. The maximum Gasteiger partial charge on any atom is 0.475 e. The number of ether oxygens (including phenoxy) is 2. The van der Waals surface area contributed by atoms with Crippen LogP contribution in [0.25, 0.3) is 0 Å². The van der Waals surface area contributed by atoms with Crippen LogP contribution in [0, 0.1) is 0 Å². The summed E-state index contributed by atoms with van der Waals surface area (Å²) in [4.78, 5) is 74.6. The van der Waals surface area contributed by atoms with Crippen LogP contribution < -0.4 is 22.1 Å². The molecule has 4 rings (SSSR count). The van der Waals surface area contributed by atoms with Gasteiger partial charge in [-0.25, -0.2) is 18.7 Å². The molecule has 52 heavy (non-hydrogen) atoms. The summed E-state index contributed by atoms with van der Waals surface area (Å²) in [6, 6.07) is 4.69. The first-order valence-electron chi connectivity index (χ1n) is 15.2. The molecule has 2 aliphatic rings. The number of phosphoric acid groups is 1. The van der Waals surface area contributed by atoms with Crippen LogP contribution in [0.15, 0.2) is 41.3 Å². The average molecular weight is 762 g/mol. The zero-order valence-electron chi connectivity index (χ0n) is 26.6. The number of nitrogen functional groups attached to an aromatic ring is 1. The van der Waals surface area contributed by atoms with E-state index in [1.807, 2.05) is 0 Å². The highest BCUT2D eigenvalue weighted by Crippen LogP contribution is 2.51. The Morgan fingerprint density at radius 3 is 2.42 bits per heavy atom. The monoisotopic (exact) mass is 761 g/mol. The van der Waals surface area contributed by atoms with Crippen LogP contribution in [0.1, 0.15) is 33.4 Å². The number of carbonyl (C=O) groups is 4. The van der Waals surface area contributed by atoms with Crippen molar-refractivity contribution in [3.05, 3.63) is 58.1 Å². The lowest BCUT2D eigenvalue weighted by Gasteiger charge is -2.46. The van der Waals surface area contributed by atoms with Gasteiger partial charge in [-0.3, -0.25) is 23.5 Å². The number of aliphatic hydroxyl groups is 6. The van der Waals surface area contributed by atoms with Gasteiger partial charge in [0.1, 0.15) is 48.7 Å². The smallest absolute Gasteiger partial charge is 0.475 e. The van der Waals surface area contributed by atoms with Gasteiger partial charge in [0.15, 0.2) is 6.23 Å². The summed E-state index contributed by atoms with van der Waals surface area (Å²) in [6.07, 6.45) is -15.1. The molecule has 12 N–H and O–H groups in total. The molecule has 0 spiro atoms. The SMILES string of the molecule is Nc1ccn(C2OC(COP(=O)(O)O[C@@]3(C(=O)O)C[C@@H](O)C(NC(=O)CNC(=O)c4ccc(C=O)cc4)C([C@H](O)C(O)CO)O3)[C@H](O)C2O)c(=O)n1. The predicted molar refractivity (Wildman–Crippen MR) is 167 cm³/mol. The number of aromatic nitrogens is 2. The largest absolute Gasteiger partial charge is 0.477 e.